The zero-order valence-electron chi connectivity index (χ0n) is 10.7. The summed E-state index contributed by atoms with van der Waals surface area (Å²) in [6.07, 6.45) is 1.31. The minimum atomic E-state index is 0. The van der Waals surface area contributed by atoms with E-state index in [0.717, 1.165) is 13.1 Å². The molecule has 98 valence electrons. The summed E-state index contributed by atoms with van der Waals surface area (Å²) in [7, 11) is 0. The average Bonchev–Trinajstić information content (AvgIpc) is 2.89. The van der Waals surface area contributed by atoms with E-state index in [1.54, 1.807) is 0 Å². The molecule has 1 saturated heterocycles. The van der Waals surface area contributed by atoms with Crippen LogP contribution in [0.1, 0.15) is 25.1 Å². The van der Waals surface area contributed by atoms with E-state index in [-0.39, 0.29) is 12.4 Å². The highest BCUT2D eigenvalue weighted by atomic mass is 35.5. The van der Waals surface area contributed by atoms with Crippen molar-refractivity contribution in [1.29, 1.82) is 0 Å². The van der Waals surface area contributed by atoms with Gasteiger partial charge in [0.1, 0.15) is 0 Å². The highest BCUT2D eigenvalue weighted by Gasteiger charge is 2.30. The lowest BCUT2D eigenvalue weighted by atomic mass is 9.89. The predicted molar refractivity (Wildman–Crippen MR) is 78.1 cm³/mol. The van der Waals surface area contributed by atoms with Gasteiger partial charge < -0.3 is 5.32 Å². The molecule has 0 saturated carbocycles. The Hall–Kier alpha value is -0.0900. The molecule has 0 spiro atoms. The molecule has 1 aliphatic heterocycles. The molecule has 0 aliphatic carbocycles. The molecule has 1 fully saturated rings. The largest absolute Gasteiger partial charge is 0.316 e. The van der Waals surface area contributed by atoms with Crippen LogP contribution < -0.4 is 5.32 Å². The molecule has 1 aromatic heterocycles. The topological polar surface area (TPSA) is 15.3 Å². The smallest absolute Gasteiger partial charge is 0.0328 e. The second kappa shape index (κ2) is 6.74. The number of nitrogens with zero attached hydrogens (tertiary/aromatic N) is 1. The fourth-order valence-electron chi connectivity index (χ4n) is 2.45. The lowest BCUT2D eigenvalue weighted by Crippen LogP contribution is -2.36. The second-order valence-electron chi connectivity index (χ2n) is 5.12. The fourth-order valence-corrected chi connectivity index (χ4v) is 3.19. The zero-order valence-corrected chi connectivity index (χ0v) is 12.4. The molecule has 0 radical (unpaired) electrons. The summed E-state index contributed by atoms with van der Waals surface area (Å²) in [5, 5.41) is 5.65. The van der Waals surface area contributed by atoms with E-state index < -0.39 is 0 Å². The molecule has 17 heavy (non-hydrogen) atoms. The predicted octanol–water partition coefficient (Wildman–Crippen LogP) is 2.99. The first-order valence-electron chi connectivity index (χ1n) is 6.17. The molecule has 2 heterocycles. The summed E-state index contributed by atoms with van der Waals surface area (Å²) >= 11 is 1.87. The highest BCUT2D eigenvalue weighted by molar-refractivity contribution is 7.09. The normalized spacial score (nSPS) is 23.9. The van der Waals surface area contributed by atoms with E-state index >= 15 is 0 Å². The zero-order chi connectivity index (χ0) is 11.4. The van der Waals surface area contributed by atoms with Crippen molar-refractivity contribution in [2.45, 2.75) is 26.8 Å². The third kappa shape index (κ3) is 4.25. The number of rotatable bonds is 5. The van der Waals surface area contributed by atoms with E-state index in [4.69, 9.17) is 0 Å². The molecular weight excluding hydrogens is 252 g/mol. The van der Waals surface area contributed by atoms with E-state index in [1.807, 2.05) is 11.3 Å². The molecule has 4 heteroatoms. The van der Waals surface area contributed by atoms with Crippen LogP contribution in [-0.2, 0) is 6.54 Å². The highest BCUT2D eigenvalue weighted by Crippen LogP contribution is 2.26. The maximum atomic E-state index is 3.48. The van der Waals surface area contributed by atoms with Gasteiger partial charge in [-0.25, -0.2) is 0 Å². The van der Waals surface area contributed by atoms with Crippen molar-refractivity contribution in [3.05, 3.63) is 22.4 Å². The molecule has 0 amide bonds. The van der Waals surface area contributed by atoms with E-state index in [2.05, 4.69) is 41.6 Å². The summed E-state index contributed by atoms with van der Waals surface area (Å²) in [6, 6.07) is 4.38. The van der Waals surface area contributed by atoms with Gasteiger partial charge in [0.25, 0.3) is 0 Å². The van der Waals surface area contributed by atoms with Crippen LogP contribution in [0.5, 0.6) is 0 Å². The van der Waals surface area contributed by atoms with Crippen LogP contribution in [0.4, 0.5) is 0 Å². The van der Waals surface area contributed by atoms with Crippen LogP contribution in [0.2, 0.25) is 0 Å². The first kappa shape index (κ1) is 15.0. The van der Waals surface area contributed by atoms with E-state index in [1.165, 1.54) is 30.9 Å². The Morgan fingerprint density at radius 2 is 2.35 bits per heavy atom. The Morgan fingerprint density at radius 3 is 2.88 bits per heavy atom. The van der Waals surface area contributed by atoms with Gasteiger partial charge in [0.2, 0.25) is 0 Å². The van der Waals surface area contributed by atoms with Crippen molar-refractivity contribution in [3.63, 3.8) is 0 Å². The quantitative estimate of drug-likeness (QED) is 0.888. The average molecular weight is 275 g/mol. The van der Waals surface area contributed by atoms with Gasteiger partial charge in [-0.1, -0.05) is 19.9 Å². The van der Waals surface area contributed by atoms with Gasteiger partial charge in [-0.3, -0.25) is 4.90 Å². The van der Waals surface area contributed by atoms with Gasteiger partial charge in [-0.15, -0.1) is 23.7 Å². The summed E-state index contributed by atoms with van der Waals surface area (Å²) in [6.45, 7) is 10.5. The Labute approximate surface area is 115 Å². The maximum absolute atomic E-state index is 3.48. The van der Waals surface area contributed by atoms with Crippen LogP contribution in [0, 0.1) is 5.41 Å². The van der Waals surface area contributed by atoms with Crippen molar-refractivity contribution in [1.82, 2.24) is 10.2 Å². The Bertz CT molecular complexity index is 307. The minimum Gasteiger partial charge on any atom is -0.316 e. The van der Waals surface area contributed by atoms with Gasteiger partial charge in [-0.05, 0) is 36.4 Å². The molecule has 0 bridgehead atoms. The molecule has 1 aromatic rings. The number of hydrogen-bond acceptors (Lipinski definition) is 3. The lowest BCUT2D eigenvalue weighted by Gasteiger charge is -2.30. The SMILES string of the molecule is CCN(Cc1cccs1)CC1(C)CCNC1.Cl. The first-order valence-corrected chi connectivity index (χ1v) is 7.05. The molecule has 2 rings (SSSR count). The van der Waals surface area contributed by atoms with Crippen molar-refractivity contribution in [2.24, 2.45) is 5.41 Å². The van der Waals surface area contributed by atoms with E-state index in [9.17, 15) is 0 Å². The lowest BCUT2D eigenvalue weighted by molar-refractivity contribution is 0.179. The fraction of sp³-hybridized carbons (Fsp3) is 0.692. The summed E-state index contributed by atoms with van der Waals surface area (Å²) in [4.78, 5) is 4.05. The number of halogens is 1. The van der Waals surface area contributed by atoms with Crippen LogP contribution >= 0.6 is 23.7 Å². The Kier molecular flexibility index (Phi) is 5.93. The molecule has 2 nitrogen and oxygen atoms in total. The van der Waals surface area contributed by atoms with Gasteiger partial charge in [0.05, 0.1) is 0 Å². The van der Waals surface area contributed by atoms with Crippen LogP contribution in [0.3, 0.4) is 0 Å². The van der Waals surface area contributed by atoms with Gasteiger partial charge in [0.15, 0.2) is 0 Å². The maximum Gasteiger partial charge on any atom is 0.0328 e. The van der Waals surface area contributed by atoms with Crippen molar-refractivity contribution >= 4 is 23.7 Å². The molecule has 1 unspecified atom stereocenters. The van der Waals surface area contributed by atoms with Crippen molar-refractivity contribution < 1.29 is 0 Å². The second-order valence-corrected chi connectivity index (χ2v) is 6.15. The number of thiophene rings is 1. The number of nitrogens with one attached hydrogen (secondary N) is 1. The van der Waals surface area contributed by atoms with Gasteiger partial charge in [-0.2, -0.15) is 0 Å². The minimum absolute atomic E-state index is 0. The third-order valence-electron chi connectivity index (χ3n) is 3.47. The van der Waals surface area contributed by atoms with Crippen LogP contribution in [0.15, 0.2) is 17.5 Å². The Balaban J connectivity index is 0.00000144. The van der Waals surface area contributed by atoms with Crippen LogP contribution in [0.25, 0.3) is 0 Å². The van der Waals surface area contributed by atoms with Crippen molar-refractivity contribution in [2.75, 3.05) is 26.2 Å². The monoisotopic (exact) mass is 274 g/mol. The Morgan fingerprint density at radius 1 is 1.53 bits per heavy atom. The van der Waals surface area contributed by atoms with Crippen molar-refractivity contribution in [3.8, 4) is 0 Å². The van der Waals surface area contributed by atoms with Crippen LogP contribution in [-0.4, -0.2) is 31.1 Å². The van der Waals surface area contributed by atoms with E-state index in [0.29, 0.717) is 5.41 Å². The first-order chi connectivity index (χ1) is 7.72. The standard InChI is InChI=1S/C13H22N2S.ClH/c1-3-15(9-12-5-4-8-16-12)11-13(2)6-7-14-10-13;/h4-5,8,14H,3,6-7,9-11H2,1-2H3;1H. The summed E-state index contributed by atoms with van der Waals surface area (Å²) in [5.41, 5.74) is 0.479. The molecule has 1 N–H and O–H groups in total. The summed E-state index contributed by atoms with van der Waals surface area (Å²) < 4.78 is 0. The molecule has 1 atom stereocenters. The van der Waals surface area contributed by atoms with Gasteiger partial charge >= 0.3 is 0 Å². The third-order valence-corrected chi connectivity index (χ3v) is 4.33. The summed E-state index contributed by atoms with van der Waals surface area (Å²) in [5.74, 6) is 0. The molecular formula is C13H23ClN2S. The molecule has 1 aliphatic rings. The van der Waals surface area contributed by atoms with Gasteiger partial charge in [0, 0.05) is 24.5 Å². The molecule has 0 aromatic carbocycles. The number of hydrogen-bond donors (Lipinski definition) is 1.